The Morgan fingerprint density at radius 3 is 2.43 bits per heavy atom. The van der Waals surface area contributed by atoms with Crippen molar-refractivity contribution in [3.8, 4) is 0 Å². The van der Waals surface area contributed by atoms with Gasteiger partial charge in [-0.1, -0.05) is 0 Å². The van der Waals surface area contributed by atoms with Crippen molar-refractivity contribution in [2.24, 2.45) is 0 Å². The van der Waals surface area contributed by atoms with Crippen LogP contribution in [0.3, 0.4) is 0 Å². The van der Waals surface area contributed by atoms with Gasteiger partial charge < -0.3 is 15.1 Å². The van der Waals surface area contributed by atoms with Crippen molar-refractivity contribution in [3.63, 3.8) is 0 Å². The number of thioether (sulfide) groups is 1. The van der Waals surface area contributed by atoms with Crippen molar-refractivity contribution >= 4 is 23.5 Å². The zero-order valence-electron chi connectivity index (χ0n) is 14.0. The second kappa shape index (κ2) is 6.40. The fourth-order valence-corrected chi connectivity index (χ4v) is 4.03. The monoisotopic (exact) mass is 309 g/mol. The lowest BCUT2D eigenvalue weighted by atomic mass is 9.97. The highest BCUT2D eigenvalue weighted by molar-refractivity contribution is 7.99. The van der Waals surface area contributed by atoms with Crippen LogP contribution in [0.25, 0.3) is 0 Å². The van der Waals surface area contributed by atoms with Crippen LogP contribution in [0.4, 0.5) is 11.8 Å². The Hall–Kier alpha value is -1.01. The molecule has 0 aromatic carbocycles. The van der Waals surface area contributed by atoms with E-state index in [1.807, 2.05) is 37.7 Å². The molecule has 0 aliphatic carbocycles. The Morgan fingerprint density at radius 2 is 1.90 bits per heavy atom. The number of likely N-dealkylation sites (N-methyl/N-ethyl adjacent to an activating group) is 1. The zero-order valence-corrected chi connectivity index (χ0v) is 14.8. The fraction of sp³-hybridized carbons (Fsp3) is 0.733. The molecule has 0 amide bonds. The summed E-state index contributed by atoms with van der Waals surface area (Å²) in [7, 11) is 8.30. The third kappa shape index (κ3) is 3.43. The molecule has 118 valence electrons. The predicted molar refractivity (Wildman–Crippen MR) is 92.7 cm³/mol. The van der Waals surface area contributed by atoms with E-state index >= 15 is 0 Å². The summed E-state index contributed by atoms with van der Waals surface area (Å²) < 4.78 is 0. The molecule has 21 heavy (non-hydrogen) atoms. The van der Waals surface area contributed by atoms with Gasteiger partial charge in [0.25, 0.3) is 0 Å². The minimum Gasteiger partial charge on any atom is -0.368 e. The summed E-state index contributed by atoms with van der Waals surface area (Å²) in [5.41, 5.74) is 2.41. The van der Waals surface area contributed by atoms with Crippen LogP contribution in [0.1, 0.15) is 17.7 Å². The van der Waals surface area contributed by atoms with E-state index in [0.29, 0.717) is 0 Å². The van der Waals surface area contributed by atoms with Crippen molar-refractivity contribution in [3.05, 3.63) is 11.3 Å². The smallest absolute Gasteiger partial charge is 0.227 e. The maximum atomic E-state index is 4.66. The van der Waals surface area contributed by atoms with Gasteiger partial charge in [-0.2, -0.15) is 16.7 Å². The van der Waals surface area contributed by atoms with E-state index in [1.54, 1.807) is 0 Å². The summed E-state index contributed by atoms with van der Waals surface area (Å²) in [4.78, 5) is 13.5. The summed E-state index contributed by atoms with van der Waals surface area (Å²) in [6, 6.07) is 0. The Bertz CT molecular complexity index is 495. The third-order valence-corrected chi connectivity index (χ3v) is 5.63. The highest BCUT2D eigenvalue weighted by atomic mass is 32.2. The molecule has 0 spiro atoms. The van der Waals surface area contributed by atoms with Gasteiger partial charge in [0.1, 0.15) is 5.82 Å². The van der Waals surface area contributed by atoms with Gasteiger partial charge in [-0.3, -0.25) is 0 Å². The fourth-order valence-electron chi connectivity index (χ4n) is 2.48. The second-order valence-corrected chi connectivity index (χ2v) is 7.36. The summed E-state index contributed by atoms with van der Waals surface area (Å²) in [5.74, 6) is 4.14. The van der Waals surface area contributed by atoms with Gasteiger partial charge in [-0.15, -0.1) is 0 Å². The summed E-state index contributed by atoms with van der Waals surface area (Å²) in [5, 5.41) is 3.58. The molecular weight excluding hydrogens is 282 g/mol. The number of nitrogens with zero attached hydrogens (tertiary/aromatic N) is 4. The second-order valence-electron chi connectivity index (χ2n) is 6.25. The molecule has 2 rings (SSSR count). The minimum absolute atomic E-state index is 0.230. The van der Waals surface area contributed by atoms with Gasteiger partial charge in [0.15, 0.2) is 0 Å². The Kier molecular flexibility index (Phi) is 4.99. The van der Waals surface area contributed by atoms with Crippen molar-refractivity contribution in [2.45, 2.75) is 25.8 Å². The van der Waals surface area contributed by atoms with Crippen LogP contribution in [0.2, 0.25) is 0 Å². The van der Waals surface area contributed by atoms with Gasteiger partial charge in [0.2, 0.25) is 5.95 Å². The quantitative estimate of drug-likeness (QED) is 0.897. The van der Waals surface area contributed by atoms with E-state index in [9.17, 15) is 0 Å². The largest absolute Gasteiger partial charge is 0.368 e. The van der Waals surface area contributed by atoms with Gasteiger partial charge in [0, 0.05) is 43.2 Å². The maximum Gasteiger partial charge on any atom is 0.227 e. The number of nitrogens with one attached hydrogen (secondary N) is 1. The molecule has 1 fully saturated rings. The lowest BCUT2D eigenvalue weighted by Crippen LogP contribution is -2.50. The molecule has 1 atom stereocenters. The SMILES string of the molecule is Cc1nc(N(C)C)nc(NC[C@]2(N(C)C)CCSC2)c1C. The average molecular weight is 309 g/mol. The van der Waals surface area contributed by atoms with Gasteiger partial charge >= 0.3 is 0 Å². The van der Waals surface area contributed by atoms with E-state index in [4.69, 9.17) is 0 Å². The number of rotatable bonds is 5. The van der Waals surface area contributed by atoms with E-state index in [-0.39, 0.29) is 5.54 Å². The number of hydrogen-bond donors (Lipinski definition) is 1. The normalized spacial score (nSPS) is 21.9. The van der Waals surface area contributed by atoms with Crippen molar-refractivity contribution < 1.29 is 0 Å². The minimum atomic E-state index is 0.230. The van der Waals surface area contributed by atoms with Gasteiger partial charge in [0.05, 0.1) is 0 Å². The predicted octanol–water partition coefficient (Wildman–Crippen LogP) is 2.01. The van der Waals surface area contributed by atoms with Crippen LogP contribution in [-0.4, -0.2) is 66.6 Å². The number of aryl methyl sites for hydroxylation is 1. The topological polar surface area (TPSA) is 44.3 Å². The Balaban J connectivity index is 2.19. The highest BCUT2D eigenvalue weighted by Crippen LogP contribution is 2.32. The third-order valence-electron chi connectivity index (χ3n) is 4.39. The standard InChI is InChI=1S/C15H27N5S/c1-11-12(2)17-14(19(3)4)18-13(11)16-9-15(20(5)6)7-8-21-10-15/h7-10H2,1-6H3,(H,16,17,18)/t15-/m1/s1. The van der Waals surface area contributed by atoms with Crippen LogP contribution in [0.5, 0.6) is 0 Å². The molecule has 2 heterocycles. The van der Waals surface area contributed by atoms with Crippen LogP contribution in [0.15, 0.2) is 0 Å². The molecule has 5 nitrogen and oxygen atoms in total. The summed E-state index contributed by atoms with van der Waals surface area (Å²) in [6.45, 7) is 5.06. The van der Waals surface area contributed by atoms with Crippen molar-refractivity contribution in [1.29, 1.82) is 0 Å². The van der Waals surface area contributed by atoms with E-state index in [0.717, 1.165) is 29.6 Å². The van der Waals surface area contributed by atoms with Gasteiger partial charge in [-0.05, 0) is 40.1 Å². The van der Waals surface area contributed by atoms with E-state index < -0.39 is 0 Å². The molecular formula is C15H27N5S. The average Bonchev–Trinajstić information content (AvgIpc) is 2.90. The molecule has 1 saturated heterocycles. The van der Waals surface area contributed by atoms with Crippen LogP contribution >= 0.6 is 11.8 Å². The van der Waals surface area contributed by atoms with Crippen molar-refractivity contribution in [2.75, 3.05) is 56.5 Å². The van der Waals surface area contributed by atoms with Gasteiger partial charge in [-0.25, -0.2) is 4.98 Å². The molecule has 6 heteroatoms. The molecule has 1 aromatic rings. The molecule has 0 saturated carbocycles. The van der Waals surface area contributed by atoms with Crippen LogP contribution < -0.4 is 10.2 Å². The Labute approximate surface area is 132 Å². The van der Waals surface area contributed by atoms with E-state index in [2.05, 4.69) is 41.2 Å². The lowest BCUT2D eigenvalue weighted by Gasteiger charge is -2.36. The first kappa shape index (κ1) is 16.4. The van der Waals surface area contributed by atoms with Crippen molar-refractivity contribution in [1.82, 2.24) is 14.9 Å². The molecule has 1 aromatic heterocycles. The highest BCUT2D eigenvalue weighted by Gasteiger charge is 2.36. The van der Waals surface area contributed by atoms with Crippen LogP contribution in [0, 0.1) is 13.8 Å². The summed E-state index contributed by atoms with van der Waals surface area (Å²) in [6.07, 6.45) is 1.22. The zero-order chi connectivity index (χ0) is 15.6. The Morgan fingerprint density at radius 1 is 1.19 bits per heavy atom. The summed E-state index contributed by atoms with van der Waals surface area (Å²) >= 11 is 2.04. The molecule has 0 bridgehead atoms. The molecule has 1 aliphatic heterocycles. The molecule has 0 radical (unpaired) electrons. The number of aromatic nitrogens is 2. The number of anilines is 2. The molecule has 1 aliphatic rings. The lowest BCUT2D eigenvalue weighted by molar-refractivity contribution is 0.195. The molecule has 1 N–H and O–H groups in total. The molecule has 0 unspecified atom stereocenters. The number of hydrogen-bond acceptors (Lipinski definition) is 6. The maximum absolute atomic E-state index is 4.66. The van der Waals surface area contributed by atoms with E-state index in [1.165, 1.54) is 17.9 Å². The first-order chi connectivity index (χ1) is 9.85. The first-order valence-electron chi connectivity index (χ1n) is 7.37. The first-order valence-corrected chi connectivity index (χ1v) is 8.53. The van der Waals surface area contributed by atoms with Crippen LogP contribution in [-0.2, 0) is 0 Å².